The molecule has 1 aliphatic heterocycles. The third-order valence-corrected chi connectivity index (χ3v) is 5.25. The Labute approximate surface area is 185 Å². The lowest BCUT2D eigenvalue weighted by Gasteiger charge is -2.21. The SMILES string of the molecule is CCNC(=NCCCc1nnc2ccccn12)NC1CN(C(C)C)CC1C.I. The van der Waals surface area contributed by atoms with E-state index in [4.69, 9.17) is 4.99 Å². The fourth-order valence-electron chi connectivity index (χ4n) is 3.60. The molecule has 0 amide bonds. The van der Waals surface area contributed by atoms with Gasteiger partial charge in [-0.1, -0.05) is 13.0 Å². The summed E-state index contributed by atoms with van der Waals surface area (Å²) in [6.45, 7) is 12.8. The molecule has 2 aromatic heterocycles. The number of guanidine groups is 1. The van der Waals surface area contributed by atoms with Gasteiger partial charge in [0, 0.05) is 50.9 Å². The van der Waals surface area contributed by atoms with E-state index in [0.717, 1.165) is 56.5 Å². The minimum atomic E-state index is 0. The van der Waals surface area contributed by atoms with Crippen LogP contribution in [0.4, 0.5) is 0 Å². The minimum absolute atomic E-state index is 0. The van der Waals surface area contributed by atoms with Gasteiger partial charge in [-0.25, -0.2) is 0 Å². The highest BCUT2D eigenvalue weighted by Gasteiger charge is 2.31. The second kappa shape index (κ2) is 10.9. The van der Waals surface area contributed by atoms with Crippen LogP contribution in [0, 0.1) is 5.92 Å². The van der Waals surface area contributed by atoms with Gasteiger partial charge in [-0.15, -0.1) is 34.2 Å². The van der Waals surface area contributed by atoms with E-state index in [-0.39, 0.29) is 24.0 Å². The molecule has 8 heteroatoms. The standard InChI is InChI=1S/C20H33N7.HI/c1-5-21-20(23-17-14-26(15(2)3)13-16(17)4)22-11-8-10-19-25-24-18-9-6-7-12-27(18)19;/h6-7,9,12,15-17H,5,8,10-11,13-14H2,1-4H3,(H2,21,22,23);1H. The summed E-state index contributed by atoms with van der Waals surface area (Å²) in [5.41, 5.74) is 0.899. The van der Waals surface area contributed by atoms with Crippen LogP contribution in [0.2, 0.25) is 0 Å². The van der Waals surface area contributed by atoms with Gasteiger partial charge in [0.2, 0.25) is 0 Å². The molecule has 28 heavy (non-hydrogen) atoms. The molecule has 0 radical (unpaired) electrons. The number of aromatic nitrogens is 3. The molecule has 2 atom stereocenters. The van der Waals surface area contributed by atoms with Crippen molar-refractivity contribution in [1.82, 2.24) is 30.1 Å². The molecule has 3 heterocycles. The van der Waals surface area contributed by atoms with Crippen molar-refractivity contribution in [2.75, 3.05) is 26.2 Å². The largest absolute Gasteiger partial charge is 0.357 e. The first-order chi connectivity index (χ1) is 13.1. The fraction of sp³-hybridized carbons (Fsp3) is 0.650. The van der Waals surface area contributed by atoms with Crippen molar-refractivity contribution < 1.29 is 0 Å². The highest BCUT2D eigenvalue weighted by molar-refractivity contribution is 14.0. The lowest BCUT2D eigenvalue weighted by Crippen LogP contribution is -2.46. The normalized spacial score (nSPS) is 20.5. The van der Waals surface area contributed by atoms with E-state index in [1.165, 1.54) is 0 Å². The first-order valence-corrected chi connectivity index (χ1v) is 10.2. The predicted octanol–water partition coefficient (Wildman–Crippen LogP) is 2.56. The summed E-state index contributed by atoms with van der Waals surface area (Å²) < 4.78 is 2.05. The average molecular weight is 499 g/mol. The Balaban J connectivity index is 0.00000280. The highest BCUT2D eigenvalue weighted by atomic mass is 127. The number of halogens is 1. The van der Waals surface area contributed by atoms with Crippen LogP contribution in [0.15, 0.2) is 29.4 Å². The van der Waals surface area contributed by atoms with Crippen LogP contribution >= 0.6 is 24.0 Å². The molecule has 1 fully saturated rings. The van der Waals surface area contributed by atoms with Crippen LogP contribution in [0.3, 0.4) is 0 Å². The molecule has 0 bridgehead atoms. The van der Waals surface area contributed by atoms with Crippen LogP contribution < -0.4 is 10.6 Å². The second-order valence-electron chi connectivity index (χ2n) is 7.69. The Bertz CT molecular complexity index is 758. The van der Waals surface area contributed by atoms with Gasteiger partial charge in [0.05, 0.1) is 0 Å². The van der Waals surface area contributed by atoms with Crippen molar-refractivity contribution in [1.29, 1.82) is 0 Å². The van der Waals surface area contributed by atoms with E-state index >= 15 is 0 Å². The molecule has 1 saturated heterocycles. The summed E-state index contributed by atoms with van der Waals surface area (Å²) in [6.07, 6.45) is 3.83. The maximum absolute atomic E-state index is 4.78. The van der Waals surface area contributed by atoms with Gasteiger partial charge in [-0.05, 0) is 45.2 Å². The maximum atomic E-state index is 4.78. The molecule has 1 aliphatic rings. The second-order valence-corrected chi connectivity index (χ2v) is 7.69. The van der Waals surface area contributed by atoms with Crippen molar-refractivity contribution in [3.63, 3.8) is 0 Å². The molecule has 156 valence electrons. The number of nitrogens with one attached hydrogen (secondary N) is 2. The predicted molar refractivity (Wildman–Crippen MR) is 125 cm³/mol. The number of hydrogen-bond donors (Lipinski definition) is 2. The lowest BCUT2D eigenvalue weighted by molar-refractivity contribution is 0.265. The zero-order valence-corrected chi connectivity index (χ0v) is 19.8. The van der Waals surface area contributed by atoms with Crippen LogP contribution in [0.5, 0.6) is 0 Å². The Morgan fingerprint density at radius 2 is 2.11 bits per heavy atom. The third-order valence-electron chi connectivity index (χ3n) is 5.25. The monoisotopic (exact) mass is 499 g/mol. The molecule has 0 saturated carbocycles. The number of hydrogen-bond acceptors (Lipinski definition) is 4. The third kappa shape index (κ3) is 5.79. The van der Waals surface area contributed by atoms with E-state index < -0.39 is 0 Å². The van der Waals surface area contributed by atoms with Gasteiger partial charge in [0.25, 0.3) is 0 Å². The van der Waals surface area contributed by atoms with E-state index in [2.05, 4.69) is 53.4 Å². The Kier molecular flexibility index (Phi) is 8.94. The van der Waals surface area contributed by atoms with Crippen molar-refractivity contribution in [3.05, 3.63) is 30.2 Å². The van der Waals surface area contributed by atoms with Gasteiger partial charge in [-0.3, -0.25) is 14.3 Å². The molecule has 3 rings (SSSR count). The van der Waals surface area contributed by atoms with E-state index in [9.17, 15) is 0 Å². The lowest BCUT2D eigenvalue weighted by atomic mass is 10.1. The van der Waals surface area contributed by atoms with Gasteiger partial charge in [0.1, 0.15) is 5.82 Å². The van der Waals surface area contributed by atoms with Crippen molar-refractivity contribution in [2.45, 2.75) is 52.6 Å². The molecule has 0 aliphatic carbocycles. The molecule has 0 spiro atoms. The zero-order valence-electron chi connectivity index (χ0n) is 17.4. The van der Waals surface area contributed by atoms with Crippen molar-refractivity contribution in [2.24, 2.45) is 10.9 Å². The van der Waals surface area contributed by atoms with E-state index in [1.807, 2.05) is 28.8 Å². The summed E-state index contributed by atoms with van der Waals surface area (Å²) in [5.74, 6) is 2.54. The number of aryl methyl sites for hydroxylation is 1. The highest BCUT2D eigenvalue weighted by Crippen LogP contribution is 2.18. The Hall–Kier alpha value is -1.42. The number of rotatable bonds is 7. The molecular weight excluding hydrogens is 465 g/mol. The van der Waals surface area contributed by atoms with Gasteiger partial charge in [-0.2, -0.15) is 0 Å². The summed E-state index contributed by atoms with van der Waals surface area (Å²) >= 11 is 0. The van der Waals surface area contributed by atoms with Crippen LogP contribution in [0.1, 0.15) is 39.9 Å². The summed E-state index contributed by atoms with van der Waals surface area (Å²) in [4.78, 5) is 7.31. The van der Waals surface area contributed by atoms with Crippen molar-refractivity contribution in [3.8, 4) is 0 Å². The van der Waals surface area contributed by atoms with Crippen LogP contribution in [0.25, 0.3) is 5.65 Å². The molecule has 2 aromatic rings. The first kappa shape index (κ1) is 22.9. The smallest absolute Gasteiger partial charge is 0.191 e. The molecule has 7 nitrogen and oxygen atoms in total. The van der Waals surface area contributed by atoms with Crippen molar-refractivity contribution >= 4 is 35.6 Å². The fourth-order valence-corrected chi connectivity index (χ4v) is 3.60. The van der Waals surface area contributed by atoms with E-state index in [0.29, 0.717) is 18.0 Å². The summed E-state index contributed by atoms with van der Waals surface area (Å²) in [6, 6.07) is 7.01. The molecule has 2 unspecified atom stereocenters. The van der Waals surface area contributed by atoms with Crippen LogP contribution in [-0.2, 0) is 6.42 Å². The molecular formula is C20H34IN7. The topological polar surface area (TPSA) is 69.8 Å². The number of pyridine rings is 1. The number of aliphatic imine (C=N–C) groups is 1. The Morgan fingerprint density at radius 1 is 1.29 bits per heavy atom. The maximum Gasteiger partial charge on any atom is 0.191 e. The first-order valence-electron chi connectivity index (χ1n) is 10.2. The van der Waals surface area contributed by atoms with Gasteiger partial charge in [0.15, 0.2) is 11.6 Å². The van der Waals surface area contributed by atoms with Crippen LogP contribution in [-0.4, -0.2) is 63.7 Å². The quantitative estimate of drug-likeness (QED) is 0.265. The number of nitrogens with zero attached hydrogens (tertiary/aromatic N) is 5. The number of fused-ring (bicyclic) bond motifs is 1. The average Bonchev–Trinajstić information content (AvgIpc) is 3.23. The molecule has 0 aromatic carbocycles. The van der Waals surface area contributed by atoms with Gasteiger partial charge < -0.3 is 10.6 Å². The Morgan fingerprint density at radius 3 is 2.82 bits per heavy atom. The summed E-state index contributed by atoms with van der Waals surface area (Å²) in [7, 11) is 0. The van der Waals surface area contributed by atoms with E-state index in [1.54, 1.807) is 0 Å². The van der Waals surface area contributed by atoms with Gasteiger partial charge >= 0.3 is 0 Å². The zero-order chi connectivity index (χ0) is 19.2. The number of likely N-dealkylation sites (tertiary alicyclic amines) is 1. The summed E-state index contributed by atoms with van der Waals surface area (Å²) in [5, 5.41) is 15.5. The minimum Gasteiger partial charge on any atom is -0.357 e. The molecule has 2 N–H and O–H groups in total.